The summed E-state index contributed by atoms with van der Waals surface area (Å²) >= 11 is 0. The monoisotopic (exact) mass is 718 g/mol. The third-order valence-corrected chi connectivity index (χ3v) is 9.06. The number of carbonyl (C=O) groups excluding carboxylic acids is 2. The molecule has 0 aromatic heterocycles. The second kappa shape index (κ2) is 34.9. The molecule has 0 fully saturated rings. The van der Waals surface area contributed by atoms with E-state index in [1.165, 1.54) is 77.0 Å². The van der Waals surface area contributed by atoms with Crippen LogP contribution in [0.1, 0.15) is 168 Å². The van der Waals surface area contributed by atoms with Crippen molar-refractivity contribution in [2.24, 2.45) is 0 Å². The summed E-state index contributed by atoms with van der Waals surface area (Å²) in [5.41, 5.74) is 0. The highest BCUT2D eigenvalue weighted by Gasteiger charge is 2.27. The molecule has 0 radical (unpaired) electrons. The molecule has 3 N–H and O–H groups in total. The molecule has 3 atom stereocenters. The van der Waals surface area contributed by atoms with Crippen molar-refractivity contribution in [2.75, 3.05) is 26.4 Å². The number of hydrogen-bond donors (Lipinski definition) is 3. The summed E-state index contributed by atoms with van der Waals surface area (Å²) in [5, 5.41) is 18.2. The molecular weight excluding hydrogens is 647 g/mol. The zero-order valence-electron chi connectivity index (χ0n) is 30.9. The molecule has 0 spiro atoms. The molecule has 0 heterocycles. The Bertz CT molecular complexity index is 879. The van der Waals surface area contributed by atoms with Crippen LogP contribution in [-0.2, 0) is 32.7 Å². The van der Waals surface area contributed by atoms with Crippen LogP contribution >= 0.6 is 7.82 Å². The quantitative estimate of drug-likeness (QED) is 0.0248. The zero-order chi connectivity index (χ0) is 36.3. The van der Waals surface area contributed by atoms with Crippen LogP contribution in [0.2, 0.25) is 0 Å². The number of hydrogen-bond acceptors (Lipinski definition) is 9. The highest BCUT2D eigenvalue weighted by Crippen LogP contribution is 2.43. The van der Waals surface area contributed by atoms with Crippen LogP contribution in [0.15, 0.2) is 24.3 Å². The van der Waals surface area contributed by atoms with Gasteiger partial charge in [0.15, 0.2) is 6.10 Å². The molecular formula is C38H71O10P. The van der Waals surface area contributed by atoms with E-state index >= 15 is 0 Å². The number of carbonyl (C=O) groups is 2. The van der Waals surface area contributed by atoms with Gasteiger partial charge in [-0.15, -0.1) is 0 Å². The van der Waals surface area contributed by atoms with Crippen molar-refractivity contribution in [2.45, 2.75) is 180 Å². The molecule has 0 bridgehead atoms. The maximum atomic E-state index is 12.4. The first-order chi connectivity index (χ1) is 23.7. The number of esters is 2. The molecule has 0 saturated carbocycles. The molecule has 0 aromatic rings. The Morgan fingerprint density at radius 1 is 0.612 bits per heavy atom. The van der Waals surface area contributed by atoms with Gasteiger partial charge in [-0.25, -0.2) is 4.57 Å². The van der Waals surface area contributed by atoms with Crippen molar-refractivity contribution in [1.82, 2.24) is 0 Å². The van der Waals surface area contributed by atoms with Crippen molar-refractivity contribution in [3.05, 3.63) is 24.3 Å². The largest absolute Gasteiger partial charge is 0.472 e. The van der Waals surface area contributed by atoms with Crippen molar-refractivity contribution in [3.63, 3.8) is 0 Å². The van der Waals surface area contributed by atoms with Gasteiger partial charge >= 0.3 is 19.8 Å². The highest BCUT2D eigenvalue weighted by molar-refractivity contribution is 7.47. The van der Waals surface area contributed by atoms with E-state index in [1.54, 1.807) is 0 Å². The molecule has 0 aliphatic carbocycles. The summed E-state index contributed by atoms with van der Waals surface area (Å²) in [6, 6.07) is 0. The third kappa shape index (κ3) is 34.7. The van der Waals surface area contributed by atoms with Gasteiger partial charge in [0.05, 0.1) is 19.8 Å². The smallest absolute Gasteiger partial charge is 0.462 e. The van der Waals surface area contributed by atoms with Crippen LogP contribution in [0, 0.1) is 0 Å². The Kier molecular flexibility index (Phi) is 33.8. The number of phosphoric ester groups is 1. The van der Waals surface area contributed by atoms with Crippen molar-refractivity contribution >= 4 is 19.8 Å². The predicted molar refractivity (Wildman–Crippen MR) is 196 cm³/mol. The Labute approximate surface area is 298 Å². The molecule has 49 heavy (non-hydrogen) atoms. The predicted octanol–water partition coefficient (Wildman–Crippen LogP) is 9.44. The van der Waals surface area contributed by atoms with Crippen molar-refractivity contribution < 1.29 is 47.8 Å². The Morgan fingerprint density at radius 2 is 1.06 bits per heavy atom. The Morgan fingerprint density at radius 3 is 1.61 bits per heavy atom. The number of phosphoric acid groups is 1. The molecule has 11 heteroatoms. The highest BCUT2D eigenvalue weighted by atomic mass is 31.2. The van der Waals surface area contributed by atoms with E-state index in [2.05, 4.69) is 42.7 Å². The van der Waals surface area contributed by atoms with Gasteiger partial charge in [0.25, 0.3) is 0 Å². The molecule has 0 amide bonds. The van der Waals surface area contributed by atoms with E-state index in [4.69, 9.17) is 19.1 Å². The first kappa shape index (κ1) is 47.4. The molecule has 0 aromatic carbocycles. The fourth-order valence-electron chi connectivity index (χ4n) is 5.08. The van der Waals surface area contributed by atoms with Gasteiger partial charge in [0.1, 0.15) is 12.7 Å². The van der Waals surface area contributed by atoms with E-state index in [1.807, 2.05) is 0 Å². The van der Waals surface area contributed by atoms with Crippen LogP contribution in [0.5, 0.6) is 0 Å². The van der Waals surface area contributed by atoms with Crippen molar-refractivity contribution in [3.8, 4) is 0 Å². The molecule has 0 rings (SSSR count). The van der Waals surface area contributed by atoms with Gasteiger partial charge in [-0.05, 0) is 44.9 Å². The average molecular weight is 719 g/mol. The number of ether oxygens (including phenoxy) is 2. The van der Waals surface area contributed by atoms with Gasteiger partial charge in [-0.2, -0.15) is 0 Å². The Hall–Kier alpha value is -1.55. The lowest BCUT2D eigenvalue weighted by Gasteiger charge is -2.20. The van der Waals surface area contributed by atoms with Gasteiger partial charge in [0, 0.05) is 12.8 Å². The maximum absolute atomic E-state index is 12.4. The normalized spacial score (nSPS) is 14.3. The molecule has 10 nitrogen and oxygen atoms in total. The van der Waals surface area contributed by atoms with Crippen LogP contribution in [0.4, 0.5) is 0 Å². The third-order valence-electron chi connectivity index (χ3n) is 8.11. The Balaban J connectivity index is 4.19. The summed E-state index contributed by atoms with van der Waals surface area (Å²) in [6.45, 7) is 2.28. The lowest BCUT2D eigenvalue weighted by atomic mass is 10.1. The fraction of sp³-hybridized carbons (Fsp3) is 0.842. The van der Waals surface area contributed by atoms with Crippen molar-refractivity contribution in [1.29, 1.82) is 0 Å². The summed E-state index contributed by atoms with van der Waals surface area (Å²) in [5.74, 6) is -0.935. The second-order valence-electron chi connectivity index (χ2n) is 13.0. The number of aliphatic hydroxyl groups excluding tert-OH is 2. The van der Waals surface area contributed by atoms with Crippen LogP contribution in [-0.4, -0.2) is 65.7 Å². The number of aliphatic hydroxyl groups is 2. The van der Waals surface area contributed by atoms with Gasteiger partial charge in [0.2, 0.25) is 0 Å². The van der Waals surface area contributed by atoms with E-state index in [9.17, 15) is 24.2 Å². The standard InChI is InChI=1S/C38H71O10P/c1-3-5-7-9-11-12-13-14-15-16-17-18-19-20-21-22-24-25-27-29-37(41)45-33-36(34-47-49(43,44)46-32-35(40)31-39)48-38(42)30-28-26-23-10-8-6-4-2/h11-12,14-15,35-36,39-40H,3-10,13,16-34H2,1-2H3,(H,43,44)/b12-11+,15-14+/t35-,36+/m1/s1. The molecule has 1 unspecified atom stereocenters. The summed E-state index contributed by atoms with van der Waals surface area (Å²) in [6.07, 6.45) is 31.7. The lowest BCUT2D eigenvalue weighted by molar-refractivity contribution is -0.161. The van der Waals surface area contributed by atoms with Crippen LogP contribution < -0.4 is 0 Å². The first-order valence-electron chi connectivity index (χ1n) is 19.3. The van der Waals surface area contributed by atoms with E-state index in [-0.39, 0.29) is 19.4 Å². The first-order valence-corrected chi connectivity index (χ1v) is 20.8. The summed E-state index contributed by atoms with van der Waals surface area (Å²) in [4.78, 5) is 34.7. The number of allylic oxidation sites excluding steroid dienone is 4. The topological polar surface area (TPSA) is 149 Å². The van der Waals surface area contributed by atoms with Gasteiger partial charge in [-0.3, -0.25) is 18.6 Å². The van der Waals surface area contributed by atoms with E-state index < -0.39 is 51.8 Å². The molecule has 0 aliphatic heterocycles. The zero-order valence-corrected chi connectivity index (χ0v) is 31.8. The minimum absolute atomic E-state index is 0.183. The number of rotatable bonds is 36. The van der Waals surface area contributed by atoms with Gasteiger partial charge < -0.3 is 24.6 Å². The van der Waals surface area contributed by atoms with Gasteiger partial charge in [-0.1, -0.05) is 134 Å². The second-order valence-corrected chi connectivity index (χ2v) is 14.4. The molecule has 0 aliphatic rings. The van der Waals surface area contributed by atoms with Crippen LogP contribution in [0.25, 0.3) is 0 Å². The fourth-order valence-corrected chi connectivity index (χ4v) is 5.87. The summed E-state index contributed by atoms with van der Waals surface area (Å²) in [7, 11) is -4.60. The SMILES string of the molecule is CCCCC/C=C/C/C=C/CCCCCCCCCCCC(=O)OC[C@@H](COP(=O)(O)OC[C@H](O)CO)OC(=O)CCCCCCCCC. The molecule has 0 saturated heterocycles. The average Bonchev–Trinajstić information content (AvgIpc) is 3.09. The van der Waals surface area contributed by atoms with Crippen LogP contribution in [0.3, 0.4) is 0 Å². The minimum Gasteiger partial charge on any atom is -0.462 e. The van der Waals surface area contributed by atoms with E-state index in [0.717, 1.165) is 51.4 Å². The molecule has 288 valence electrons. The summed E-state index contributed by atoms with van der Waals surface area (Å²) < 4.78 is 32.5. The minimum atomic E-state index is -4.60. The van der Waals surface area contributed by atoms with E-state index in [0.29, 0.717) is 12.8 Å². The maximum Gasteiger partial charge on any atom is 0.472 e. The lowest BCUT2D eigenvalue weighted by Crippen LogP contribution is -2.29. The number of unbranched alkanes of at least 4 members (excludes halogenated alkanes) is 18.